The number of benzene rings is 2. The molecule has 210 valence electrons. The van der Waals surface area contributed by atoms with Gasteiger partial charge in [0.05, 0.1) is 24.9 Å². The van der Waals surface area contributed by atoms with Gasteiger partial charge in [-0.25, -0.2) is 14.8 Å². The van der Waals surface area contributed by atoms with Crippen LogP contribution < -0.4 is 9.47 Å². The van der Waals surface area contributed by atoms with Gasteiger partial charge in [0.25, 0.3) is 5.91 Å². The van der Waals surface area contributed by atoms with Gasteiger partial charge < -0.3 is 18.9 Å². The van der Waals surface area contributed by atoms with Crippen molar-refractivity contribution in [2.45, 2.75) is 33.9 Å². The maximum Gasteiger partial charge on any atom is 0.257 e. The first-order valence-corrected chi connectivity index (χ1v) is 13.6. The summed E-state index contributed by atoms with van der Waals surface area (Å²) in [6.07, 6.45) is 1.92. The van der Waals surface area contributed by atoms with Gasteiger partial charge in [0.15, 0.2) is 0 Å². The molecule has 0 atom stereocenters. The molecule has 1 saturated heterocycles. The summed E-state index contributed by atoms with van der Waals surface area (Å²) < 4.78 is 13.7. The van der Waals surface area contributed by atoms with Crippen LogP contribution in [-0.4, -0.2) is 63.5 Å². The monoisotopic (exact) mass is 550 g/mol. The zero-order valence-corrected chi connectivity index (χ0v) is 23.9. The van der Waals surface area contributed by atoms with Crippen LogP contribution in [0.15, 0.2) is 60.8 Å². The van der Waals surface area contributed by atoms with Gasteiger partial charge in [0.1, 0.15) is 17.3 Å². The number of carbonyl (C=O) groups excluding carboxylic acids is 1. The number of carbonyl (C=O) groups is 1. The minimum atomic E-state index is 0.00383. The van der Waals surface area contributed by atoms with Crippen molar-refractivity contribution in [3.63, 3.8) is 0 Å². The van der Waals surface area contributed by atoms with E-state index in [0.717, 1.165) is 48.0 Å². The van der Waals surface area contributed by atoms with Crippen LogP contribution in [0.1, 0.15) is 38.7 Å². The summed E-state index contributed by atoms with van der Waals surface area (Å²) in [7, 11) is 1.60. The average molecular weight is 551 g/mol. The molecule has 5 rings (SSSR count). The van der Waals surface area contributed by atoms with Gasteiger partial charge in [-0.3, -0.25) is 9.69 Å². The molecule has 9 heteroatoms. The van der Waals surface area contributed by atoms with E-state index in [0.29, 0.717) is 48.3 Å². The van der Waals surface area contributed by atoms with Crippen molar-refractivity contribution >= 4 is 11.6 Å². The molecule has 0 spiro atoms. The minimum absolute atomic E-state index is 0.00383. The molecule has 41 heavy (non-hydrogen) atoms. The van der Waals surface area contributed by atoms with Crippen LogP contribution in [0.25, 0.3) is 4.85 Å². The molecule has 0 unspecified atom stereocenters. The summed E-state index contributed by atoms with van der Waals surface area (Å²) in [6, 6.07) is 16.9. The van der Waals surface area contributed by atoms with Crippen molar-refractivity contribution < 1.29 is 14.3 Å². The first kappa shape index (κ1) is 27.9. The molecule has 1 fully saturated rings. The molecule has 2 aromatic carbocycles. The second-order valence-electron chi connectivity index (χ2n) is 10.3. The molecule has 0 radical (unpaired) electrons. The fraction of sp³-hybridized carbons (Fsp3) is 0.312. The highest BCUT2D eigenvalue weighted by atomic mass is 16.5. The molecule has 4 aromatic rings. The van der Waals surface area contributed by atoms with Crippen LogP contribution in [0.4, 0.5) is 5.69 Å². The van der Waals surface area contributed by atoms with E-state index in [1.807, 2.05) is 74.3 Å². The molecule has 2 aromatic heterocycles. The number of amides is 1. The number of nitrogens with zero attached hydrogens (tertiary/aromatic N) is 6. The number of aromatic nitrogens is 3. The zero-order chi connectivity index (χ0) is 28.9. The Labute approximate surface area is 240 Å². The van der Waals surface area contributed by atoms with E-state index in [-0.39, 0.29) is 5.91 Å². The minimum Gasteiger partial charge on any atom is -0.496 e. The van der Waals surface area contributed by atoms with E-state index in [1.165, 1.54) is 0 Å². The summed E-state index contributed by atoms with van der Waals surface area (Å²) in [5, 5.41) is 0. The maximum atomic E-state index is 13.2. The lowest BCUT2D eigenvalue weighted by molar-refractivity contribution is 0.0622. The third kappa shape index (κ3) is 6.39. The van der Waals surface area contributed by atoms with Gasteiger partial charge in [-0.05, 0) is 56.2 Å². The van der Waals surface area contributed by atoms with Crippen LogP contribution in [0, 0.1) is 27.3 Å². The largest absolute Gasteiger partial charge is 0.496 e. The molecular weight excluding hydrogens is 516 g/mol. The number of ether oxygens (including phenoxy) is 2. The second kappa shape index (κ2) is 12.2. The lowest BCUT2D eigenvalue weighted by Crippen LogP contribution is -2.48. The van der Waals surface area contributed by atoms with Crippen molar-refractivity contribution in [3.05, 3.63) is 106 Å². The van der Waals surface area contributed by atoms with Crippen molar-refractivity contribution in [2.75, 3.05) is 33.3 Å². The molecule has 1 aliphatic heterocycles. The molecule has 0 bridgehead atoms. The Morgan fingerprint density at radius 3 is 2.51 bits per heavy atom. The maximum absolute atomic E-state index is 13.2. The highest BCUT2D eigenvalue weighted by Gasteiger charge is 2.25. The normalized spacial score (nSPS) is 13.6. The molecule has 3 heterocycles. The van der Waals surface area contributed by atoms with E-state index in [2.05, 4.69) is 24.3 Å². The van der Waals surface area contributed by atoms with Crippen LogP contribution in [-0.2, 0) is 13.1 Å². The molecular formula is C32H34N6O3. The molecule has 0 aliphatic carbocycles. The van der Waals surface area contributed by atoms with Crippen LogP contribution >= 0.6 is 0 Å². The van der Waals surface area contributed by atoms with Gasteiger partial charge in [-0.1, -0.05) is 24.3 Å². The number of methoxy groups -OCH3 is 1. The Morgan fingerprint density at radius 2 is 1.78 bits per heavy atom. The molecule has 0 saturated carbocycles. The summed E-state index contributed by atoms with van der Waals surface area (Å²) in [4.78, 5) is 30.1. The molecule has 1 aliphatic rings. The van der Waals surface area contributed by atoms with Crippen molar-refractivity contribution in [1.82, 2.24) is 24.3 Å². The van der Waals surface area contributed by atoms with Crippen LogP contribution in [0.2, 0.25) is 0 Å². The molecule has 1 amide bonds. The Balaban J connectivity index is 1.25. The molecule has 0 N–H and O–H groups in total. The van der Waals surface area contributed by atoms with Gasteiger partial charge in [0, 0.05) is 57.2 Å². The number of rotatable bonds is 8. The summed E-state index contributed by atoms with van der Waals surface area (Å²) in [5.74, 6) is 2.48. The van der Waals surface area contributed by atoms with E-state index in [1.54, 1.807) is 19.2 Å². The first-order chi connectivity index (χ1) is 19.8. The Kier molecular flexibility index (Phi) is 8.31. The number of pyridine rings is 1. The van der Waals surface area contributed by atoms with E-state index in [4.69, 9.17) is 16.0 Å². The first-order valence-electron chi connectivity index (χ1n) is 13.6. The summed E-state index contributed by atoms with van der Waals surface area (Å²) in [5.41, 5.74) is 5.05. The lowest BCUT2D eigenvalue weighted by atomic mass is 10.1. The Bertz CT molecular complexity index is 1600. The van der Waals surface area contributed by atoms with E-state index >= 15 is 0 Å². The SMILES string of the molecule is [C-]#[N+]c1ccc(Cn2c(CN3CCN(C(=O)c4ccc(C)cc4OC)CC3)cnc2C)cc1Oc1cccc(C)n1. The Morgan fingerprint density at radius 1 is 0.976 bits per heavy atom. The van der Waals surface area contributed by atoms with Gasteiger partial charge >= 0.3 is 0 Å². The Hall–Kier alpha value is -4.68. The van der Waals surface area contributed by atoms with Gasteiger partial charge in [-0.2, -0.15) is 0 Å². The fourth-order valence-electron chi connectivity index (χ4n) is 5.04. The standard InChI is InChI=1S/C32H34N6O3/c1-22-9-11-27(29(17-22)40-5)32(39)37-15-13-36(14-16-37)21-26-19-34-24(3)38(26)20-25-10-12-28(33-4)30(18-25)41-31-8-6-7-23(2)35-31/h6-12,17-19H,13-16,20-21H2,1-3,5H3. The number of hydrogen-bond acceptors (Lipinski definition) is 6. The quantitative estimate of drug-likeness (QED) is 0.267. The van der Waals surface area contributed by atoms with Crippen molar-refractivity contribution in [2.24, 2.45) is 0 Å². The smallest absolute Gasteiger partial charge is 0.257 e. The lowest BCUT2D eigenvalue weighted by Gasteiger charge is -2.35. The van der Waals surface area contributed by atoms with Crippen LogP contribution in [0.3, 0.4) is 0 Å². The zero-order valence-electron chi connectivity index (χ0n) is 23.9. The number of hydrogen-bond donors (Lipinski definition) is 0. The second-order valence-corrected chi connectivity index (χ2v) is 10.3. The third-order valence-electron chi connectivity index (χ3n) is 7.33. The van der Waals surface area contributed by atoms with Crippen molar-refractivity contribution in [1.29, 1.82) is 0 Å². The van der Waals surface area contributed by atoms with Crippen molar-refractivity contribution in [3.8, 4) is 17.4 Å². The summed E-state index contributed by atoms with van der Waals surface area (Å²) >= 11 is 0. The van der Waals surface area contributed by atoms with Gasteiger partial charge in [-0.15, -0.1) is 0 Å². The number of piperazine rings is 1. The molecule has 9 nitrogen and oxygen atoms in total. The van der Waals surface area contributed by atoms with E-state index < -0.39 is 0 Å². The predicted octanol–water partition coefficient (Wildman–Crippen LogP) is 5.56. The number of imidazole rings is 1. The topological polar surface area (TPSA) is 77.1 Å². The summed E-state index contributed by atoms with van der Waals surface area (Å²) in [6.45, 7) is 17.6. The van der Waals surface area contributed by atoms with E-state index in [9.17, 15) is 4.79 Å². The number of aryl methyl sites for hydroxylation is 3. The predicted molar refractivity (Wildman–Crippen MR) is 157 cm³/mol. The fourth-order valence-corrected chi connectivity index (χ4v) is 5.04. The average Bonchev–Trinajstić information content (AvgIpc) is 3.31. The van der Waals surface area contributed by atoms with Crippen LogP contribution in [0.5, 0.6) is 17.4 Å². The highest BCUT2D eigenvalue weighted by molar-refractivity contribution is 5.97. The van der Waals surface area contributed by atoms with Gasteiger partial charge in [0.2, 0.25) is 11.6 Å². The highest BCUT2D eigenvalue weighted by Crippen LogP contribution is 2.33. The third-order valence-corrected chi connectivity index (χ3v) is 7.33.